The van der Waals surface area contributed by atoms with E-state index < -0.39 is 30.5 Å². The van der Waals surface area contributed by atoms with Gasteiger partial charge >= 0.3 is 12.0 Å². The summed E-state index contributed by atoms with van der Waals surface area (Å²) < 4.78 is 44.5. The van der Waals surface area contributed by atoms with Crippen molar-refractivity contribution in [2.45, 2.75) is 18.9 Å². The van der Waals surface area contributed by atoms with Gasteiger partial charge in [-0.25, -0.2) is 18.0 Å². The molecular formula is C11H11ClF3NO2. The number of carbonyl (C=O) groups excluding carboxylic acids is 1. The molecule has 1 amide bonds. The highest BCUT2D eigenvalue weighted by atomic mass is 35.5. The lowest BCUT2D eigenvalue weighted by Gasteiger charge is -2.31. The van der Waals surface area contributed by atoms with E-state index in [1.807, 2.05) is 5.32 Å². The van der Waals surface area contributed by atoms with Gasteiger partial charge in [-0.05, 0) is 24.1 Å². The van der Waals surface area contributed by atoms with Crippen LogP contribution in [0.2, 0.25) is 0 Å². The van der Waals surface area contributed by atoms with Gasteiger partial charge in [0.15, 0.2) is 6.61 Å². The highest BCUT2D eigenvalue weighted by Gasteiger charge is 2.46. The molecule has 1 aliphatic rings. The van der Waals surface area contributed by atoms with Gasteiger partial charge < -0.3 is 10.1 Å². The number of alkyl halides is 2. The van der Waals surface area contributed by atoms with Crippen molar-refractivity contribution >= 4 is 18.5 Å². The predicted octanol–water partition coefficient (Wildman–Crippen LogP) is 2.97. The molecule has 0 spiro atoms. The van der Waals surface area contributed by atoms with Crippen molar-refractivity contribution in [1.29, 1.82) is 0 Å². The van der Waals surface area contributed by atoms with Gasteiger partial charge in [0.2, 0.25) is 0 Å². The van der Waals surface area contributed by atoms with E-state index in [2.05, 4.69) is 4.74 Å². The summed E-state index contributed by atoms with van der Waals surface area (Å²) in [5.41, 5.74) is 0.380. The molecule has 1 N–H and O–H groups in total. The predicted molar refractivity (Wildman–Crippen MR) is 60.6 cm³/mol. The third kappa shape index (κ3) is 2.69. The minimum Gasteiger partial charge on any atom is -0.443 e. The first-order chi connectivity index (χ1) is 7.90. The van der Waals surface area contributed by atoms with Gasteiger partial charge in [-0.3, -0.25) is 0 Å². The summed E-state index contributed by atoms with van der Waals surface area (Å²) in [6, 6.07) is 2.20. The zero-order valence-corrected chi connectivity index (χ0v) is 10.2. The summed E-state index contributed by atoms with van der Waals surface area (Å²) in [7, 11) is 0. The Morgan fingerprint density at radius 3 is 2.72 bits per heavy atom. The summed E-state index contributed by atoms with van der Waals surface area (Å²) in [5, 5.41) is 1.99. The largest absolute Gasteiger partial charge is 0.443 e. The van der Waals surface area contributed by atoms with E-state index in [1.165, 1.54) is 19.1 Å². The van der Waals surface area contributed by atoms with Crippen LogP contribution in [0.25, 0.3) is 0 Å². The number of nitrogens with one attached hydrogen (secondary N) is 1. The van der Waals surface area contributed by atoms with Crippen LogP contribution in [-0.2, 0) is 4.74 Å². The van der Waals surface area contributed by atoms with Crippen molar-refractivity contribution < 1.29 is 22.7 Å². The Morgan fingerprint density at radius 2 is 2.11 bits per heavy atom. The maximum absolute atomic E-state index is 13.5. The highest BCUT2D eigenvalue weighted by molar-refractivity contribution is 5.85. The summed E-state index contributed by atoms with van der Waals surface area (Å²) in [5.74, 6) is -3.84. The van der Waals surface area contributed by atoms with Crippen molar-refractivity contribution in [3.63, 3.8) is 0 Å². The van der Waals surface area contributed by atoms with Crippen LogP contribution in [0, 0.1) is 12.7 Å². The lowest BCUT2D eigenvalue weighted by molar-refractivity contribution is -0.104. The van der Waals surface area contributed by atoms with Gasteiger partial charge in [0.05, 0.1) is 0 Å². The van der Waals surface area contributed by atoms with E-state index in [9.17, 15) is 18.0 Å². The van der Waals surface area contributed by atoms with E-state index in [0.29, 0.717) is 5.56 Å². The van der Waals surface area contributed by atoms with E-state index in [1.54, 1.807) is 0 Å². The molecule has 1 fully saturated rings. The molecule has 1 aliphatic heterocycles. The van der Waals surface area contributed by atoms with Crippen molar-refractivity contribution in [1.82, 2.24) is 5.32 Å². The van der Waals surface area contributed by atoms with E-state index in [4.69, 9.17) is 0 Å². The lowest BCUT2D eigenvalue weighted by atomic mass is 9.99. The number of rotatable bonds is 1. The average molecular weight is 282 g/mol. The lowest BCUT2D eigenvalue weighted by Crippen LogP contribution is -2.49. The maximum Gasteiger partial charge on any atom is 0.408 e. The van der Waals surface area contributed by atoms with Crippen LogP contribution in [-0.4, -0.2) is 18.6 Å². The molecule has 2 rings (SSSR count). The number of amides is 1. The zero-order valence-electron chi connectivity index (χ0n) is 9.38. The van der Waals surface area contributed by atoms with Crippen molar-refractivity contribution in [2.24, 2.45) is 0 Å². The monoisotopic (exact) mass is 281 g/mol. The third-order valence-corrected chi connectivity index (χ3v) is 2.61. The number of cyclic esters (lactones) is 1. The highest BCUT2D eigenvalue weighted by Crippen LogP contribution is 2.34. The second-order valence-electron chi connectivity index (χ2n) is 3.92. The van der Waals surface area contributed by atoms with E-state index in [0.717, 1.165) is 6.07 Å². The molecule has 3 nitrogen and oxygen atoms in total. The summed E-state index contributed by atoms with van der Waals surface area (Å²) in [6.45, 7) is 0.527. The Hall–Kier alpha value is -1.43. The number of halogens is 4. The topological polar surface area (TPSA) is 38.3 Å². The molecule has 0 radical (unpaired) electrons. The van der Waals surface area contributed by atoms with Crippen molar-refractivity contribution in [3.8, 4) is 0 Å². The molecular weight excluding hydrogens is 271 g/mol. The van der Waals surface area contributed by atoms with E-state index >= 15 is 0 Å². The number of aryl methyl sites for hydroxylation is 1. The molecule has 1 saturated heterocycles. The molecule has 1 heterocycles. The van der Waals surface area contributed by atoms with Crippen LogP contribution in [0.1, 0.15) is 17.2 Å². The number of ether oxygens (including phenoxy) is 1. The fourth-order valence-electron chi connectivity index (χ4n) is 1.63. The molecule has 1 atom stereocenters. The standard InChI is InChI=1S/C11H10F3NO2.ClH/c1-6-2-3-7(4-8(6)12)9-11(13,14)5-17-10(16)15-9;/h2-4,9H,5H2,1H3,(H,15,16);1H/t9-;/m0./s1. The second-order valence-corrected chi connectivity index (χ2v) is 3.92. The smallest absolute Gasteiger partial charge is 0.408 e. The maximum atomic E-state index is 13.5. The molecule has 0 aliphatic carbocycles. The van der Waals surface area contributed by atoms with Gasteiger partial charge in [0.25, 0.3) is 0 Å². The fraction of sp³-hybridized carbons (Fsp3) is 0.364. The molecule has 0 saturated carbocycles. The molecule has 0 bridgehead atoms. The molecule has 100 valence electrons. The summed E-state index contributed by atoms with van der Waals surface area (Å²) in [4.78, 5) is 10.9. The molecule has 1 aromatic rings. The number of alkyl carbamates (subject to hydrolysis) is 1. The van der Waals surface area contributed by atoms with Crippen LogP contribution < -0.4 is 5.32 Å². The number of benzene rings is 1. The first kappa shape index (κ1) is 14.6. The van der Waals surface area contributed by atoms with Gasteiger partial charge in [-0.1, -0.05) is 12.1 Å². The SMILES string of the molecule is Cc1ccc([C@@H]2NC(=O)OCC2(F)F)cc1F.Cl. The normalized spacial score (nSPS) is 21.6. The Morgan fingerprint density at radius 1 is 1.44 bits per heavy atom. The molecule has 18 heavy (non-hydrogen) atoms. The zero-order chi connectivity index (χ0) is 12.6. The summed E-state index contributed by atoms with van der Waals surface area (Å²) >= 11 is 0. The number of hydrogen-bond acceptors (Lipinski definition) is 2. The Bertz CT molecular complexity index is 468. The third-order valence-electron chi connectivity index (χ3n) is 2.61. The molecule has 1 aromatic carbocycles. The first-order valence-electron chi connectivity index (χ1n) is 4.97. The van der Waals surface area contributed by atoms with Gasteiger partial charge in [-0.2, -0.15) is 0 Å². The van der Waals surface area contributed by atoms with Crippen LogP contribution in [0.15, 0.2) is 18.2 Å². The summed E-state index contributed by atoms with van der Waals surface area (Å²) in [6.07, 6.45) is -0.929. The quantitative estimate of drug-likeness (QED) is 0.859. The fourth-order valence-corrected chi connectivity index (χ4v) is 1.63. The Balaban J connectivity index is 0.00000162. The Kier molecular flexibility index (Phi) is 4.11. The first-order valence-corrected chi connectivity index (χ1v) is 4.97. The van der Waals surface area contributed by atoms with Crippen molar-refractivity contribution in [2.75, 3.05) is 6.61 Å². The minimum absolute atomic E-state index is 0. The van der Waals surface area contributed by atoms with Gasteiger partial charge in [0.1, 0.15) is 11.9 Å². The molecule has 7 heteroatoms. The van der Waals surface area contributed by atoms with Crippen LogP contribution in [0.5, 0.6) is 0 Å². The number of hydrogen-bond donors (Lipinski definition) is 1. The van der Waals surface area contributed by atoms with Gasteiger partial charge in [0, 0.05) is 0 Å². The van der Waals surface area contributed by atoms with Crippen LogP contribution >= 0.6 is 12.4 Å². The van der Waals surface area contributed by atoms with Crippen molar-refractivity contribution in [3.05, 3.63) is 35.1 Å². The minimum atomic E-state index is -3.25. The van der Waals surface area contributed by atoms with Crippen LogP contribution in [0.3, 0.4) is 0 Å². The molecule has 0 aromatic heterocycles. The van der Waals surface area contributed by atoms with Gasteiger partial charge in [-0.15, -0.1) is 12.4 Å². The van der Waals surface area contributed by atoms with E-state index in [-0.39, 0.29) is 18.0 Å². The average Bonchev–Trinajstić information content (AvgIpc) is 2.26. The molecule has 0 unspecified atom stereocenters. The Labute approximate surface area is 108 Å². The number of carbonyl (C=O) groups is 1. The second kappa shape index (κ2) is 5.06. The van der Waals surface area contributed by atoms with Crippen LogP contribution in [0.4, 0.5) is 18.0 Å².